The van der Waals surface area contributed by atoms with Gasteiger partial charge in [-0.15, -0.1) is 0 Å². The first-order valence-electron chi connectivity index (χ1n) is 11.1. The van der Waals surface area contributed by atoms with Gasteiger partial charge in [0, 0.05) is 11.1 Å². The molecule has 3 aromatic carbocycles. The third kappa shape index (κ3) is 5.48. The highest BCUT2D eigenvalue weighted by Crippen LogP contribution is 2.34. The maximum atomic E-state index is 9.86. The fourth-order valence-corrected chi connectivity index (χ4v) is 3.71. The van der Waals surface area contributed by atoms with Crippen LogP contribution < -0.4 is 9.47 Å². The maximum Gasteiger partial charge on any atom is 0.119 e. The van der Waals surface area contributed by atoms with Crippen LogP contribution in [0.1, 0.15) is 50.2 Å². The van der Waals surface area contributed by atoms with Crippen LogP contribution in [-0.2, 0) is 0 Å². The first kappa shape index (κ1) is 22.9. The Labute approximate surface area is 190 Å². The molecule has 0 unspecified atom stereocenters. The van der Waals surface area contributed by atoms with Crippen molar-refractivity contribution >= 4 is 0 Å². The summed E-state index contributed by atoms with van der Waals surface area (Å²) in [5.41, 5.74) is 3.99. The van der Waals surface area contributed by atoms with Gasteiger partial charge >= 0.3 is 0 Å². The van der Waals surface area contributed by atoms with Crippen molar-refractivity contribution in [2.24, 2.45) is 0 Å². The van der Waals surface area contributed by atoms with Crippen molar-refractivity contribution in [3.63, 3.8) is 0 Å². The Hall–Kier alpha value is -3.76. The van der Waals surface area contributed by atoms with Gasteiger partial charge in [0.1, 0.15) is 23.6 Å². The summed E-state index contributed by atoms with van der Waals surface area (Å²) in [5, 5.41) is 19.7. The lowest BCUT2D eigenvalue weighted by atomic mass is 9.90. The average Bonchev–Trinajstić information content (AvgIpc) is 2.85. The lowest BCUT2D eigenvalue weighted by Gasteiger charge is -2.12. The monoisotopic (exact) mass is 424 g/mol. The zero-order valence-corrected chi connectivity index (χ0v) is 18.7. The van der Waals surface area contributed by atoms with Crippen molar-refractivity contribution in [2.45, 2.75) is 39.0 Å². The molecule has 0 fully saturated rings. The van der Waals surface area contributed by atoms with Crippen LogP contribution in [0.2, 0.25) is 0 Å². The predicted octanol–water partition coefficient (Wildman–Crippen LogP) is 7.12. The summed E-state index contributed by atoms with van der Waals surface area (Å²) in [4.78, 5) is 0. The highest BCUT2D eigenvalue weighted by molar-refractivity contribution is 5.82. The quantitative estimate of drug-likeness (QED) is 0.325. The van der Waals surface area contributed by atoms with Gasteiger partial charge in [-0.05, 0) is 41.8 Å². The average molecular weight is 425 g/mol. The van der Waals surface area contributed by atoms with Crippen LogP contribution in [0.4, 0.5) is 0 Å². The summed E-state index contributed by atoms with van der Waals surface area (Å²) in [6.07, 6.45) is 6.01. The highest BCUT2D eigenvalue weighted by atomic mass is 16.5. The van der Waals surface area contributed by atoms with Crippen LogP contribution in [0, 0.1) is 22.7 Å². The molecule has 0 saturated heterocycles. The lowest BCUT2D eigenvalue weighted by molar-refractivity contribution is 0.304. The third-order valence-electron chi connectivity index (χ3n) is 5.51. The standard InChI is InChI=1S/C28H28N2O2/c1-3-4-5-6-7-18-32-24-14-10-22(11-15-24)26-17-16-25(27(19-29)28(26)20-30)21-8-12-23(31-2)13-9-21/h8-17H,3-7,18H2,1-2H3. The summed E-state index contributed by atoms with van der Waals surface area (Å²) < 4.78 is 11.1. The molecule has 32 heavy (non-hydrogen) atoms. The van der Waals surface area contributed by atoms with Crippen molar-refractivity contribution < 1.29 is 9.47 Å². The van der Waals surface area contributed by atoms with E-state index < -0.39 is 0 Å². The molecule has 0 aliphatic rings. The molecular formula is C28H28N2O2. The molecule has 0 aliphatic heterocycles. The van der Waals surface area contributed by atoms with Crippen LogP contribution in [0.25, 0.3) is 22.3 Å². The van der Waals surface area contributed by atoms with E-state index in [1.807, 2.05) is 60.7 Å². The molecule has 3 rings (SSSR count). The van der Waals surface area contributed by atoms with Gasteiger partial charge in [0.15, 0.2) is 0 Å². The summed E-state index contributed by atoms with van der Waals surface area (Å²) in [7, 11) is 1.61. The van der Waals surface area contributed by atoms with Gasteiger partial charge in [-0.2, -0.15) is 10.5 Å². The summed E-state index contributed by atoms with van der Waals surface area (Å²) in [6, 6.07) is 23.5. The van der Waals surface area contributed by atoms with Crippen LogP contribution in [0.15, 0.2) is 60.7 Å². The fourth-order valence-electron chi connectivity index (χ4n) is 3.71. The molecule has 0 N–H and O–H groups in total. The second kappa shape index (κ2) is 11.6. The van der Waals surface area contributed by atoms with Crippen LogP contribution in [0.3, 0.4) is 0 Å². The molecule has 0 radical (unpaired) electrons. The van der Waals surface area contributed by atoms with E-state index in [2.05, 4.69) is 19.1 Å². The van der Waals surface area contributed by atoms with Crippen molar-refractivity contribution in [3.05, 3.63) is 71.8 Å². The number of hydrogen-bond donors (Lipinski definition) is 0. The Kier molecular flexibility index (Phi) is 8.29. The number of ether oxygens (including phenoxy) is 2. The molecule has 0 heterocycles. The van der Waals surface area contributed by atoms with Crippen LogP contribution in [0.5, 0.6) is 11.5 Å². The Morgan fingerprint density at radius 2 is 1.16 bits per heavy atom. The molecular weight excluding hydrogens is 396 g/mol. The van der Waals surface area contributed by atoms with Gasteiger partial charge in [0.25, 0.3) is 0 Å². The van der Waals surface area contributed by atoms with Crippen molar-refractivity contribution in [1.29, 1.82) is 10.5 Å². The van der Waals surface area contributed by atoms with Crippen molar-refractivity contribution in [1.82, 2.24) is 0 Å². The minimum atomic E-state index is 0.377. The first-order chi connectivity index (χ1) is 15.7. The second-order valence-corrected chi connectivity index (χ2v) is 7.65. The maximum absolute atomic E-state index is 9.86. The normalized spacial score (nSPS) is 10.2. The van der Waals surface area contributed by atoms with E-state index in [1.165, 1.54) is 25.7 Å². The minimum absolute atomic E-state index is 0.377. The number of hydrogen-bond acceptors (Lipinski definition) is 4. The zero-order chi connectivity index (χ0) is 22.8. The van der Waals surface area contributed by atoms with E-state index in [0.29, 0.717) is 17.7 Å². The summed E-state index contributed by atoms with van der Waals surface area (Å²) >= 11 is 0. The fraction of sp³-hybridized carbons (Fsp3) is 0.286. The van der Waals surface area contributed by atoms with E-state index >= 15 is 0 Å². The predicted molar refractivity (Wildman–Crippen MR) is 128 cm³/mol. The molecule has 4 heteroatoms. The van der Waals surface area contributed by atoms with E-state index in [4.69, 9.17) is 9.47 Å². The van der Waals surface area contributed by atoms with Gasteiger partial charge in [-0.1, -0.05) is 69.0 Å². The number of benzene rings is 3. The smallest absolute Gasteiger partial charge is 0.119 e. The van der Waals surface area contributed by atoms with Gasteiger partial charge < -0.3 is 9.47 Å². The molecule has 0 aromatic heterocycles. The minimum Gasteiger partial charge on any atom is -0.497 e. The van der Waals surface area contributed by atoms with Crippen LogP contribution >= 0.6 is 0 Å². The van der Waals surface area contributed by atoms with Crippen LogP contribution in [-0.4, -0.2) is 13.7 Å². The lowest BCUT2D eigenvalue weighted by Crippen LogP contribution is -1.97. The molecule has 162 valence electrons. The third-order valence-corrected chi connectivity index (χ3v) is 5.51. The van der Waals surface area contributed by atoms with Gasteiger partial charge in [-0.3, -0.25) is 0 Å². The Morgan fingerprint density at radius 3 is 1.62 bits per heavy atom. The SMILES string of the molecule is CCCCCCCOc1ccc(-c2ccc(-c3ccc(OC)cc3)c(C#N)c2C#N)cc1. The van der Waals surface area contributed by atoms with E-state index in [1.54, 1.807) is 7.11 Å². The van der Waals surface area contributed by atoms with Crippen molar-refractivity contribution in [2.75, 3.05) is 13.7 Å². The van der Waals surface area contributed by atoms with E-state index in [0.717, 1.165) is 40.2 Å². The number of nitrogens with zero attached hydrogens (tertiary/aromatic N) is 2. The molecule has 0 atom stereocenters. The Balaban J connectivity index is 1.80. The Bertz CT molecular complexity index is 1100. The molecule has 3 aromatic rings. The number of rotatable bonds is 10. The van der Waals surface area contributed by atoms with Gasteiger partial charge in [0.05, 0.1) is 24.8 Å². The molecule has 0 bridgehead atoms. The topological polar surface area (TPSA) is 66.0 Å². The van der Waals surface area contributed by atoms with Gasteiger partial charge in [-0.25, -0.2) is 0 Å². The summed E-state index contributed by atoms with van der Waals surface area (Å²) in [5.74, 6) is 1.56. The summed E-state index contributed by atoms with van der Waals surface area (Å²) in [6.45, 7) is 2.92. The molecule has 0 aliphatic carbocycles. The van der Waals surface area contributed by atoms with E-state index in [9.17, 15) is 10.5 Å². The number of nitriles is 2. The second-order valence-electron chi connectivity index (χ2n) is 7.65. The first-order valence-corrected chi connectivity index (χ1v) is 11.1. The molecule has 4 nitrogen and oxygen atoms in total. The Morgan fingerprint density at radius 1 is 0.656 bits per heavy atom. The molecule has 0 spiro atoms. The highest BCUT2D eigenvalue weighted by Gasteiger charge is 2.16. The number of methoxy groups -OCH3 is 1. The molecule has 0 amide bonds. The molecule has 0 saturated carbocycles. The zero-order valence-electron chi connectivity index (χ0n) is 18.7. The number of unbranched alkanes of at least 4 members (excludes halogenated alkanes) is 4. The largest absolute Gasteiger partial charge is 0.497 e. The van der Waals surface area contributed by atoms with Gasteiger partial charge in [0.2, 0.25) is 0 Å². The van der Waals surface area contributed by atoms with E-state index in [-0.39, 0.29) is 0 Å². The van der Waals surface area contributed by atoms with Crippen molar-refractivity contribution in [3.8, 4) is 45.9 Å².